The second-order valence-corrected chi connectivity index (χ2v) is 6.43. The Bertz CT molecular complexity index is 601. The Kier molecular flexibility index (Phi) is 4.57. The molecule has 0 spiro atoms. The molecule has 3 rings (SSSR count). The Morgan fingerprint density at radius 1 is 1.39 bits per heavy atom. The maximum Gasteiger partial charge on any atom is 0.231 e. The zero-order valence-electron chi connectivity index (χ0n) is 13.3. The van der Waals surface area contributed by atoms with Gasteiger partial charge in [0.25, 0.3) is 0 Å². The number of ether oxygens (including phenoxy) is 2. The quantitative estimate of drug-likeness (QED) is 0.845. The first kappa shape index (κ1) is 15.9. The molecule has 0 bridgehead atoms. The van der Waals surface area contributed by atoms with Crippen molar-refractivity contribution in [1.82, 2.24) is 4.90 Å². The van der Waals surface area contributed by atoms with Crippen LogP contribution in [0.4, 0.5) is 0 Å². The first-order valence-corrected chi connectivity index (χ1v) is 8.04. The number of aliphatic hydroxyl groups excluding tert-OH is 1. The third kappa shape index (κ3) is 3.34. The number of carbonyl (C=O) groups excluding carboxylic acids is 1. The van der Waals surface area contributed by atoms with Gasteiger partial charge in [-0.25, -0.2) is 0 Å². The topological polar surface area (TPSA) is 59.0 Å². The minimum absolute atomic E-state index is 0.0884. The summed E-state index contributed by atoms with van der Waals surface area (Å²) in [5.74, 6) is 1.51. The van der Waals surface area contributed by atoms with Crippen molar-refractivity contribution in [3.8, 4) is 11.5 Å². The van der Waals surface area contributed by atoms with Gasteiger partial charge in [0.2, 0.25) is 12.7 Å². The number of carbonyl (C=O) groups is 1. The lowest BCUT2D eigenvalue weighted by Crippen LogP contribution is -2.48. The number of amides is 1. The van der Waals surface area contributed by atoms with Gasteiger partial charge in [-0.1, -0.05) is 12.1 Å². The number of benzene rings is 1. The normalized spacial score (nSPS) is 22.9. The molecule has 5 nitrogen and oxygen atoms in total. The molecule has 1 amide bonds. The molecular formula is C18H23NO4. The van der Waals surface area contributed by atoms with Crippen molar-refractivity contribution in [3.05, 3.63) is 36.4 Å². The molecule has 1 aromatic rings. The van der Waals surface area contributed by atoms with Crippen LogP contribution in [0.5, 0.6) is 11.5 Å². The van der Waals surface area contributed by atoms with Crippen molar-refractivity contribution in [2.75, 3.05) is 26.5 Å². The van der Waals surface area contributed by atoms with Crippen LogP contribution >= 0.6 is 0 Å². The standard InChI is InChI=1S/C18H23NO4/c1-2-6-18(12-20)7-3-8-19(11-18)17(21)10-14-4-5-15-16(9-14)23-13-22-15/h2,4-5,9,20H,1,3,6-8,10-13H2. The Morgan fingerprint density at radius 2 is 2.22 bits per heavy atom. The lowest BCUT2D eigenvalue weighted by Gasteiger charge is -2.41. The molecule has 0 radical (unpaired) electrons. The first-order chi connectivity index (χ1) is 11.2. The number of rotatable bonds is 5. The molecule has 124 valence electrons. The summed E-state index contributed by atoms with van der Waals surface area (Å²) in [5, 5.41) is 9.75. The summed E-state index contributed by atoms with van der Waals surface area (Å²) in [5.41, 5.74) is 0.688. The van der Waals surface area contributed by atoms with Crippen LogP contribution in [0.3, 0.4) is 0 Å². The van der Waals surface area contributed by atoms with E-state index in [0.29, 0.717) is 18.7 Å². The van der Waals surface area contributed by atoms with Crippen molar-refractivity contribution in [2.24, 2.45) is 5.41 Å². The molecule has 1 saturated heterocycles. The molecule has 23 heavy (non-hydrogen) atoms. The van der Waals surface area contributed by atoms with E-state index in [1.807, 2.05) is 29.2 Å². The predicted octanol–water partition coefficient (Wildman–Crippen LogP) is 2.13. The van der Waals surface area contributed by atoms with Crippen molar-refractivity contribution < 1.29 is 19.4 Å². The average molecular weight is 317 g/mol. The number of allylic oxidation sites excluding steroid dienone is 1. The fourth-order valence-corrected chi connectivity index (χ4v) is 3.42. The molecule has 0 saturated carbocycles. The molecule has 2 aliphatic rings. The van der Waals surface area contributed by atoms with E-state index in [2.05, 4.69) is 6.58 Å². The van der Waals surface area contributed by atoms with Gasteiger partial charge in [-0.3, -0.25) is 4.79 Å². The first-order valence-electron chi connectivity index (χ1n) is 8.04. The second-order valence-electron chi connectivity index (χ2n) is 6.43. The van der Waals surface area contributed by atoms with Crippen LogP contribution in [0.1, 0.15) is 24.8 Å². The predicted molar refractivity (Wildman–Crippen MR) is 86.4 cm³/mol. The van der Waals surface area contributed by atoms with Crippen molar-refractivity contribution in [3.63, 3.8) is 0 Å². The van der Waals surface area contributed by atoms with E-state index in [1.54, 1.807) is 0 Å². The van der Waals surface area contributed by atoms with Crippen LogP contribution in [0.2, 0.25) is 0 Å². The number of hydrogen-bond donors (Lipinski definition) is 1. The van der Waals surface area contributed by atoms with Crippen LogP contribution in [0.25, 0.3) is 0 Å². The maximum absolute atomic E-state index is 12.6. The summed E-state index contributed by atoms with van der Waals surface area (Å²) in [7, 11) is 0. The summed E-state index contributed by atoms with van der Waals surface area (Å²) in [4.78, 5) is 14.5. The lowest BCUT2D eigenvalue weighted by molar-refractivity contribution is -0.134. The third-order valence-corrected chi connectivity index (χ3v) is 4.72. The molecule has 2 aliphatic heterocycles. The fourth-order valence-electron chi connectivity index (χ4n) is 3.42. The maximum atomic E-state index is 12.6. The van der Waals surface area contributed by atoms with Gasteiger partial charge in [0, 0.05) is 18.5 Å². The van der Waals surface area contributed by atoms with E-state index in [0.717, 1.165) is 37.1 Å². The van der Waals surface area contributed by atoms with Crippen LogP contribution in [-0.2, 0) is 11.2 Å². The third-order valence-electron chi connectivity index (χ3n) is 4.72. The Hall–Kier alpha value is -2.01. The monoisotopic (exact) mass is 317 g/mol. The van der Waals surface area contributed by atoms with E-state index in [-0.39, 0.29) is 24.7 Å². The van der Waals surface area contributed by atoms with Gasteiger partial charge >= 0.3 is 0 Å². The molecule has 1 atom stereocenters. The van der Waals surface area contributed by atoms with Gasteiger partial charge in [-0.05, 0) is 37.0 Å². The van der Waals surface area contributed by atoms with E-state index < -0.39 is 0 Å². The number of fused-ring (bicyclic) bond motifs is 1. The number of aliphatic hydroxyl groups is 1. The Morgan fingerprint density at radius 3 is 3.00 bits per heavy atom. The van der Waals surface area contributed by atoms with Crippen molar-refractivity contribution in [2.45, 2.75) is 25.7 Å². The number of likely N-dealkylation sites (tertiary alicyclic amines) is 1. The largest absolute Gasteiger partial charge is 0.454 e. The zero-order chi connectivity index (χ0) is 16.3. The summed E-state index contributed by atoms with van der Waals surface area (Å²) in [6.07, 6.45) is 4.76. The summed E-state index contributed by atoms with van der Waals surface area (Å²) in [6, 6.07) is 5.61. The highest BCUT2D eigenvalue weighted by Gasteiger charge is 2.35. The SMILES string of the molecule is C=CCC1(CO)CCCN(C(=O)Cc2ccc3c(c2)OCO3)C1. The smallest absolute Gasteiger partial charge is 0.231 e. The van der Waals surface area contributed by atoms with Crippen LogP contribution in [-0.4, -0.2) is 42.4 Å². The number of hydrogen-bond acceptors (Lipinski definition) is 4. The highest BCUT2D eigenvalue weighted by Crippen LogP contribution is 2.35. The summed E-state index contributed by atoms with van der Waals surface area (Å²) < 4.78 is 10.6. The van der Waals surface area contributed by atoms with Gasteiger partial charge in [0.15, 0.2) is 11.5 Å². The Balaban J connectivity index is 1.67. The molecule has 5 heteroatoms. The van der Waals surface area contributed by atoms with Gasteiger partial charge in [-0.15, -0.1) is 6.58 Å². The van der Waals surface area contributed by atoms with E-state index in [9.17, 15) is 9.90 Å². The van der Waals surface area contributed by atoms with E-state index >= 15 is 0 Å². The number of nitrogens with zero attached hydrogens (tertiary/aromatic N) is 1. The minimum Gasteiger partial charge on any atom is -0.454 e. The van der Waals surface area contributed by atoms with Crippen molar-refractivity contribution >= 4 is 5.91 Å². The lowest BCUT2D eigenvalue weighted by atomic mass is 9.77. The second kappa shape index (κ2) is 6.62. The molecule has 1 unspecified atom stereocenters. The average Bonchev–Trinajstić information content (AvgIpc) is 3.03. The highest BCUT2D eigenvalue weighted by molar-refractivity contribution is 5.79. The summed E-state index contributed by atoms with van der Waals surface area (Å²) in [6.45, 7) is 5.45. The Labute approximate surface area is 136 Å². The van der Waals surface area contributed by atoms with Crippen LogP contribution < -0.4 is 9.47 Å². The molecule has 1 fully saturated rings. The van der Waals surface area contributed by atoms with E-state index in [4.69, 9.17) is 9.47 Å². The minimum atomic E-state index is -0.232. The van der Waals surface area contributed by atoms with Crippen molar-refractivity contribution in [1.29, 1.82) is 0 Å². The van der Waals surface area contributed by atoms with Gasteiger partial charge in [0.1, 0.15) is 0 Å². The number of piperidine rings is 1. The van der Waals surface area contributed by atoms with Crippen LogP contribution in [0, 0.1) is 5.41 Å². The molecule has 2 heterocycles. The fraction of sp³-hybridized carbons (Fsp3) is 0.500. The van der Waals surface area contributed by atoms with Gasteiger partial charge in [0.05, 0.1) is 13.0 Å². The highest BCUT2D eigenvalue weighted by atomic mass is 16.7. The molecule has 1 aromatic carbocycles. The molecule has 0 aliphatic carbocycles. The van der Waals surface area contributed by atoms with E-state index in [1.165, 1.54) is 0 Å². The van der Waals surface area contributed by atoms with Crippen LogP contribution in [0.15, 0.2) is 30.9 Å². The summed E-state index contributed by atoms with van der Waals surface area (Å²) >= 11 is 0. The molecular weight excluding hydrogens is 294 g/mol. The van der Waals surface area contributed by atoms with Gasteiger partial charge in [-0.2, -0.15) is 0 Å². The molecule has 0 aromatic heterocycles. The zero-order valence-corrected chi connectivity index (χ0v) is 13.3. The molecule has 1 N–H and O–H groups in total. The van der Waals surface area contributed by atoms with Gasteiger partial charge < -0.3 is 19.5 Å².